The third kappa shape index (κ3) is 4.18. The van der Waals surface area contributed by atoms with Crippen molar-refractivity contribution in [2.24, 2.45) is 23.7 Å². The van der Waals surface area contributed by atoms with Gasteiger partial charge in [0.1, 0.15) is 6.10 Å². The highest BCUT2D eigenvalue weighted by Crippen LogP contribution is 2.53. The first-order valence-electron chi connectivity index (χ1n) is 9.51. The van der Waals surface area contributed by atoms with Crippen molar-refractivity contribution in [2.75, 3.05) is 0 Å². The predicted molar refractivity (Wildman–Crippen MR) is 95.9 cm³/mol. The summed E-state index contributed by atoms with van der Waals surface area (Å²) < 4.78 is 0. The number of fused-ring (bicyclic) bond motifs is 2. The Morgan fingerprint density at radius 1 is 1.13 bits per heavy atom. The van der Waals surface area contributed by atoms with E-state index in [9.17, 15) is 5.11 Å². The number of unbranched alkanes of at least 4 members (excludes halogenated alkanes) is 2. The van der Waals surface area contributed by atoms with Crippen molar-refractivity contribution in [2.45, 2.75) is 64.4 Å². The molecule has 1 aromatic rings. The van der Waals surface area contributed by atoms with Gasteiger partial charge in [0.2, 0.25) is 0 Å². The van der Waals surface area contributed by atoms with E-state index in [1.165, 1.54) is 37.7 Å². The van der Waals surface area contributed by atoms with E-state index in [2.05, 4.69) is 49.1 Å². The lowest BCUT2D eigenvalue weighted by Crippen LogP contribution is -2.23. The minimum absolute atomic E-state index is 0.418. The Labute approximate surface area is 141 Å². The van der Waals surface area contributed by atoms with Crippen molar-refractivity contribution < 1.29 is 5.11 Å². The van der Waals surface area contributed by atoms with Crippen molar-refractivity contribution >= 4 is 0 Å². The summed E-state index contributed by atoms with van der Waals surface area (Å²) >= 11 is 0. The standard InChI is InChI=1S/C22H30O/c1-2-3-5-10-20(23)13-14-21-18-11-12-19(16-18)22(21)15-17-8-6-4-7-9-17/h4,6-9,18-23H,2-3,5,10-12,15-16H2,1H3/t18-,19+,20?,21+,22-/m1/s1. The minimum atomic E-state index is -0.418. The molecule has 0 aromatic heterocycles. The lowest BCUT2D eigenvalue weighted by Gasteiger charge is -2.27. The second kappa shape index (κ2) is 8.02. The van der Waals surface area contributed by atoms with Crippen molar-refractivity contribution in [3.05, 3.63) is 35.9 Å². The van der Waals surface area contributed by atoms with Crippen LogP contribution in [0.25, 0.3) is 0 Å². The van der Waals surface area contributed by atoms with Crippen LogP contribution in [-0.4, -0.2) is 11.2 Å². The van der Waals surface area contributed by atoms with Crippen LogP contribution in [0.3, 0.4) is 0 Å². The second-order valence-electron chi connectivity index (χ2n) is 7.51. The Morgan fingerprint density at radius 2 is 1.91 bits per heavy atom. The molecular weight excluding hydrogens is 280 g/mol. The van der Waals surface area contributed by atoms with Crippen LogP contribution in [0.2, 0.25) is 0 Å². The SMILES string of the molecule is CCCCCC(O)C#C[C@H]1[C@@H]2CC[C@@H](C2)[C@H]1Cc1ccccc1. The zero-order chi connectivity index (χ0) is 16.1. The zero-order valence-corrected chi connectivity index (χ0v) is 14.4. The van der Waals surface area contributed by atoms with Crippen LogP contribution in [0, 0.1) is 35.5 Å². The van der Waals surface area contributed by atoms with Gasteiger partial charge in [0.15, 0.2) is 0 Å². The van der Waals surface area contributed by atoms with Gasteiger partial charge in [-0.3, -0.25) is 0 Å². The molecule has 0 spiro atoms. The van der Waals surface area contributed by atoms with Crippen LogP contribution >= 0.6 is 0 Å². The second-order valence-corrected chi connectivity index (χ2v) is 7.51. The lowest BCUT2D eigenvalue weighted by molar-refractivity contribution is 0.216. The Balaban J connectivity index is 1.62. The highest BCUT2D eigenvalue weighted by Gasteiger charge is 2.46. The number of aliphatic hydroxyl groups excluding tert-OH is 1. The summed E-state index contributed by atoms with van der Waals surface area (Å²) in [7, 11) is 0. The minimum Gasteiger partial charge on any atom is -0.380 e. The van der Waals surface area contributed by atoms with E-state index in [4.69, 9.17) is 0 Å². The van der Waals surface area contributed by atoms with Gasteiger partial charge in [0.25, 0.3) is 0 Å². The molecule has 0 radical (unpaired) electrons. The summed E-state index contributed by atoms with van der Waals surface area (Å²) in [6.07, 6.45) is 9.17. The lowest BCUT2D eigenvalue weighted by atomic mass is 9.76. The van der Waals surface area contributed by atoms with E-state index < -0.39 is 6.10 Å². The molecule has 23 heavy (non-hydrogen) atoms. The summed E-state index contributed by atoms with van der Waals surface area (Å²) in [5, 5.41) is 10.1. The molecule has 2 fully saturated rings. The summed E-state index contributed by atoms with van der Waals surface area (Å²) in [6, 6.07) is 10.9. The van der Waals surface area contributed by atoms with Crippen molar-refractivity contribution in [3.8, 4) is 11.8 Å². The first-order valence-corrected chi connectivity index (χ1v) is 9.51. The summed E-state index contributed by atoms with van der Waals surface area (Å²) in [6.45, 7) is 2.20. The molecular formula is C22H30O. The van der Waals surface area contributed by atoms with Gasteiger partial charge in [-0.05, 0) is 61.8 Å². The molecule has 1 N–H and O–H groups in total. The molecule has 1 aromatic carbocycles. The van der Waals surface area contributed by atoms with Crippen LogP contribution in [0.1, 0.15) is 57.4 Å². The normalized spacial score (nSPS) is 30.0. The maximum Gasteiger partial charge on any atom is 0.114 e. The van der Waals surface area contributed by atoms with Crippen LogP contribution in [0.15, 0.2) is 30.3 Å². The zero-order valence-electron chi connectivity index (χ0n) is 14.4. The summed E-state index contributed by atoms with van der Waals surface area (Å²) in [4.78, 5) is 0. The molecule has 2 aliphatic carbocycles. The third-order valence-electron chi connectivity index (χ3n) is 5.90. The molecule has 0 aliphatic heterocycles. The first kappa shape index (κ1) is 16.6. The topological polar surface area (TPSA) is 20.2 Å². The molecule has 0 amide bonds. The van der Waals surface area contributed by atoms with Crippen LogP contribution < -0.4 is 0 Å². The average Bonchev–Trinajstić information content (AvgIpc) is 3.16. The van der Waals surface area contributed by atoms with Gasteiger partial charge in [0.05, 0.1) is 0 Å². The van der Waals surface area contributed by atoms with Crippen LogP contribution in [0.4, 0.5) is 0 Å². The molecule has 3 rings (SSSR count). The van der Waals surface area contributed by atoms with E-state index in [-0.39, 0.29) is 0 Å². The molecule has 5 atom stereocenters. The van der Waals surface area contributed by atoms with Gasteiger partial charge >= 0.3 is 0 Å². The predicted octanol–water partition coefficient (Wildman–Crippen LogP) is 4.84. The van der Waals surface area contributed by atoms with Crippen molar-refractivity contribution in [1.82, 2.24) is 0 Å². The first-order chi connectivity index (χ1) is 11.3. The van der Waals surface area contributed by atoms with Gasteiger partial charge in [-0.2, -0.15) is 0 Å². The molecule has 0 saturated heterocycles. The third-order valence-corrected chi connectivity index (χ3v) is 5.90. The molecule has 124 valence electrons. The Bertz CT molecular complexity index is 538. The van der Waals surface area contributed by atoms with Gasteiger partial charge in [-0.1, -0.05) is 61.9 Å². The van der Waals surface area contributed by atoms with Gasteiger partial charge in [-0.15, -0.1) is 0 Å². The number of rotatable bonds is 6. The van der Waals surface area contributed by atoms with Crippen LogP contribution in [-0.2, 0) is 6.42 Å². The van der Waals surface area contributed by atoms with Gasteiger partial charge in [-0.25, -0.2) is 0 Å². The Kier molecular flexibility index (Phi) is 5.79. The monoisotopic (exact) mass is 310 g/mol. The summed E-state index contributed by atoms with van der Waals surface area (Å²) in [5.74, 6) is 9.55. The molecule has 1 unspecified atom stereocenters. The van der Waals surface area contributed by atoms with E-state index >= 15 is 0 Å². The average molecular weight is 310 g/mol. The molecule has 0 heterocycles. The molecule has 1 nitrogen and oxygen atoms in total. The maximum absolute atomic E-state index is 10.1. The smallest absolute Gasteiger partial charge is 0.114 e. The highest BCUT2D eigenvalue weighted by atomic mass is 16.3. The molecule has 2 aliphatic rings. The fourth-order valence-corrected chi connectivity index (χ4v) is 4.67. The van der Waals surface area contributed by atoms with E-state index in [1.807, 2.05) is 0 Å². The van der Waals surface area contributed by atoms with Crippen molar-refractivity contribution in [1.29, 1.82) is 0 Å². The van der Waals surface area contributed by atoms with Gasteiger partial charge < -0.3 is 5.11 Å². The number of aliphatic hydroxyl groups is 1. The number of hydrogen-bond donors (Lipinski definition) is 1. The highest BCUT2D eigenvalue weighted by molar-refractivity contribution is 5.21. The Hall–Kier alpha value is -1.26. The Morgan fingerprint density at radius 3 is 2.70 bits per heavy atom. The van der Waals surface area contributed by atoms with Gasteiger partial charge in [0, 0.05) is 5.92 Å². The fraction of sp³-hybridized carbons (Fsp3) is 0.636. The molecule has 2 saturated carbocycles. The molecule has 2 bridgehead atoms. The van der Waals surface area contributed by atoms with Crippen LogP contribution in [0.5, 0.6) is 0 Å². The quantitative estimate of drug-likeness (QED) is 0.589. The maximum atomic E-state index is 10.1. The largest absolute Gasteiger partial charge is 0.380 e. The number of hydrogen-bond acceptors (Lipinski definition) is 1. The summed E-state index contributed by atoms with van der Waals surface area (Å²) in [5.41, 5.74) is 1.44. The van der Waals surface area contributed by atoms with E-state index in [1.54, 1.807) is 0 Å². The van der Waals surface area contributed by atoms with E-state index in [0.29, 0.717) is 11.8 Å². The van der Waals surface area contributed by atoms with Crippen molar-refractivity contribution in [3.63, 3.8) is 0 Å². The number of benzene rings is 1. The fourth-order valence-electron chi connectivity index (χ4n) is 4.67. The molecule has 1 heteroatoms. The van der Waals surface area contributed by atoms with E-state index in [0.717, 1.165) is 31.1 Å².